The average molecular weight is 346 g/mol. The molecule has 0 aromatic carbocycles. The van der Waals surface area contributed by atoms with Crippen LogP contribution in [0.15, 0.2) is 18.3 Å². The Kier molecular flexibility index (Phi) is 4.40. The molecule has 1 amide bonds. The van der Waals surface area contributed by atoms with Gasteiger partial charge in [0.15, 0.2) is 11.6 Å². The number of likely N-dealkylation sites (tertiary alicyclic amines) is 1. The van der Waals surface area contributed by atoms with Crippen molar-refractivity contribution in [3.63, 3.8) is 0 Å². The number of piperazine rings is 1. The minimum atomic E-state index is -0.262. The van der Waals surface area contributed by atoms with Crippen LogP contribution in [-0.4, -0.2) is 66.0 Å². The van der Waals surface area contributed by atoms with Gasteiger partial charge in [-0.05, 0) is 50.8 Å². The van der Waals surface area contributed by atoms with Crippen LogP contribution >= 0.6 is 0 Å². The molecule has 0 N–H and O–H groups in total. The van der Waals surface area contributed by atoms with Gasteiger partial charge in [0.05, 0.1) is 0 Å². The molecule has 3 fully saturated rings. The number of halogens is 1. The smallest absolute Gasteiger partial charge is 0.222 e. The lowest BCUT2D eigenvalue weighted by atomic mass is 9.86. The highest BCUT2D eigenvalue weighted by Gasteiger charge is 2.43. The lowest BCUT2D eigenvalue weighted by Crippen LogP contribution is -2.61. The van der Waals surface area contributed by atoms with Gasteiger partial charge in [0.2, 0.25) is 5.91 Å². The van der Waals surface area contributed by atoms with E-state index in [1.54, 1.807) is 12.3 Å². The molecule has 1 atom stereocenters. The average Bonchev–Trinajstić information content (AvgIpc) is 3.44. The summed E-state index contributed by atoms with van der Waals surface area (Å²) in [6.07, 6.45) is 6.57. The van der Waals surface area contributed by atoms with Gasteiger partial charge < -0.3 is 9.80 Å². The Bertz CT molecular complexity index is 650. The Morgan fingerprint density at radius 3 is 2.88 bits per heavy atom. The first-order valence-corrected chi connectivity index (χ1v) is 9.42. The van der Waals surface area contributed by atoms with Crippen LogP contribution in [0.3, 0.4) is 0 Å². The van der Waals surface area contributed by atoms with Crippen LogP contribution in [0.5, 0.6) is 0 Å². The van der Waals surface area contributed by atoms with Crippen molar-refractivity contribution in [2.24, 2.45) is 5.92 Å². The van der Waals surface area contributed by atoms with Gasteiger partial charge in [-0.15, -0.1) is 0 Å². The summed E-state index contributed by atoms with van der Waals surface area (Å²) >= 11 is 0. The van der Waals surface area contributed by atoms with Crippen LogP contribution in [-0.2, 0) is 4.79 Å². The first-order valence-electron chi connectivity index (χ1n) is 9.42. The summed E-state index contributed by atoms with van der Waals surface area (Å²) in [7, 11) is 2.15. The molecule has 4 rings (SSSR count). The summed E-state index contributed by atoms with van der Waals surface area (Å²) in [5.41, 5.74) is -0.0732. The van der Waals surface area contributed by atoms with Gasteiger partial charge in [0, 0.05) is 50.9 Å². The largest absolute Gasteiger partial charge is 0.351 e. The van der Waals surface area contributed by atoms with E-state index in [4.69, 9.17) is 0 Å². The molecular weight excluding hydrogens is 319 g/mol. The molecule has 1 aromatic rings. The number of anilines is 1. The van der Waals surface area contributed by atoms with Crippen molar-refractivity contribution >= 4 is 11.7 Å². The number of hydrogen-bond donors (Lipinski definition) is 0. The van der Waals surface area contributed by atoms with Crippen LogP contribution in [0.25, 0.3) is 0 Å². The lowest BCUT2D eigenvalue weighted by molar-refractivity contribution is -0.130. The number of amides is 1. The quantitative estimate of drug-likeness (QED) is 0.841. The van der Waals surface area contributed by atoms with Crippen LogP contribution in [0.4, 0.5) is 10.2 Å². The molecule has 3 heterocycles. The van der Waals surface area contributed by atoms with Gasteiger partial charge in [-0.1, -0.05) is 0 Å². The van der Waals surface area contributed by atoms with Gasteiger partial charge in [-0.3, -0.25) is 9.69 Å². The summed E-state index contributed by atoms with van der Waals surface area (Å²) < 4.78 is 14.2. The molecule has 1 aromatic heterocycles. The van der Waals surface area contributed by atoms with E-state index in [9.17, 15) is 9.18 Å². The predicted octanol–water partition coefficient (Wildman–Crippen LogP) is 2.13. The zero-order valence-electron chi connectivity index (χ0n) is 15.0. The van der Waals surface area contributed by atoms with E-state index in [1.165, 1.54) is 18.9 Å². The van der Waals surface area contributed by atoms with Crippen molar-refractivity contribution in [2.75, 3.05) is 44.7 Å². The molecule has 1 saturated carbocycles. The number of nitrogens with zero attached hydrogens (tertiary/aromatic N) is 4. The highest BCUT2D eigenvalue weighted by molar-refractivity contribution is 5.76. The van der Waals surface area contributed by atoms with Crippen LogP contribution in [0, 0.1) is 11.7 Å². The second-order valence-electron chi connectivity index (χ2n) is 7.91. The van der Waals surface area contributed by atoms with E-state index in [1.807, 2.05) is 0 Å². The van der Waals surface area contributed by atoms with Gasteiger partial charge in [0.25, 0.3) is 0 Å². The van der Waals surface area contributed by atoms with Crippen molar-refractivity contribution in [3.05, 3.63) is 24.1 Å². The van der Waals surface area contributed by atoms with Crippen molar-refractivity contribution in [3.8, 4) is 0 Å². The minimum Gasteiger partial charge on any atom is -0.351 e. The summed E-state index contributed by atoms with van der Waals surface area (Å²) in [5.74, 6) is 1.20. The SMILES string of the molecule is CN1CCN(c2ncccc2F)C[C@@]12CCC(=O)N(CC1CC1)CC2. The first kappa shape index (κ1) is 16.8. The van der Waals surface area contributed by atoms with E-state index in [-0.39, 0.29) is 11.4 Å². The van der Waals surface area contributed by atoms with Gasteiger partial charge in [0.1, 0.15) is 0 Å². The first-order chi connectivity index (χ1) is 12.1. The molecule has 6 heteroatoms. The maximum atomic E-state index is 14.2. The van der Waals surface area contributed by atoms with Crippen LogP contribution < -0.4 is 4.90 Å². The van der Waals surface area contributed by atoms with E-state index in [0.29, 0.717) is 18.1 Å². The Morgan fingerprint density at radius 1 is 1.28 bits per heavy atom. The monoisotopic (exact) mass is 346 g/mol. The number of carbonyl (C=O) groups excluding carboxylic acids is 1. The Balaban J connectivity index is 1.52. The fourth-order valence-corrected chi connectivity index (χ4v) is 4.29. The van der Waals surface area contributed by atoms with Gasteiger partial charge in [-0.2, -0.15) is 0 Å². The third-order valence-electron chi connectivity index (χ3n) is 6.22. The number of rotatable bonds is 3. The topological polar surface area (TPSA) is 39.7 Å². The standard InChI is InChI=1S/C19H27FN4O/c1-22-11-12-24(18-16(20)3-2-9-21-18)14-19(22)7-6-17(25)23(10-8-19)13-15-4-5-15/h2-3,9,15H,4-8,10-14H2,1H3/t19-/m0/s1. The van der Waals surface area contributed by atoms with E-state index >= 15 is 0 Å². The molecule has 25 heavy (non-hydrogen) atoms. The number of likely N-dealkylation sites (N-methyl/N-ethyl adjacent to an activating group) is 1. The Morgan fingerprint density at radius 2 is 2.12 bits per heavy atom. The molecule has 0 radical (unpaired) electrons. The van der Waals surface area contributed by atoms with Crippen molar-refractivity contribution in [2.45, 2.75) is 37.6 Å². The maximum absolute atomic E-state index is 14.2. The predicted molar refractivity (Wildman–Crippen MR) is 94.9 cm³/mol. The fraction of sp³-hybridized carbons (Fsp3) is 0.684. The third-order valence-corrected chi connectivity index (χ3v) is 6.22. The molecule has 1 spiro atoms. The molecule has 136 valence electrons. The van der Waals surface area contributed by atoms with Crippen molar-refractivity contribution < 1.29 is 9.18 Å². The second-order valence-corrected chi connectivity index (χ2v) is 7.91. The van der Waals surface area contributed by atoms with Crippen LogP contribution in [0.2, 0.25) is 0 Å². The van der Waals surface area contributed by atoms with Crippen molar-refractivity contribution in [1.29, 1.82) is 0 Å². The summed E-state index contributed by atoms with van der Waals surface area (Å²) in [6.45, 7) is 4.12. The lowest BCUT2D eigenvalue weighted by Gasteiger charge is -2.49. The van der Waals surface area contributed by atoms with Crippen molar-refractivity contribution in [1.82, 2.24) is 14.8 Å². The minimum absolute atomic E-state index is 0.0732. The van der Waals surface area contributed by atoms with E-state index < -0.39 is 0 Å². The Hall–Kier alpha value is -1.69. The highest BCUT2D eigenvalue weighted by atomic mass is 19.1. The molecule has 5 nitrogen and oxygen atoms in total. The number of hydrogen-bond acceptors (Lipinski definition) is 4. The zero-order chi connectivity index (χ0) is 17.4. The summed E-state index contributed by atoms with van der Waals surface area (Å²) in [5, 5.41) is 0. The second kappa shape index (κ2) is 6.56. The normalized spacial score (nSPS) is 28.5. The molecule has 0 unspecified atom stereocenters. The zero-order valence-corrected chi connectivity index (χ0v) is 15.0. The van der Waals surface area contributed by atoms with E-state index in [0.717, 1.165) is 51.5 Å². The molecule has 0 bridgehead atoms. The summed E-state index contributed by atoms with van der Waals surface area (Å²) in [6, 6.07) is 3.10. The summed E-state index contributed by atoms with van der Waals surface area (Å²) in [4.78, 5) is 23.3. The number of aromatic nitrogens is 1. The number of carbonyl (C=O) groups is 1. The molecule has 3 aliphatic rings. The highest BCUT2D eigenvalue weighted by Crippen LogP contribution is 2.36. The van der Waals surface area contributed by atoms with Gasteiger partial charge in [-0.25, -0.2) is 9.37 Å². The van der Waals surface area contributed by atoms with E-state index in [2.05, 4.69) is 26.7 Å². The number of pyridine rings is 1. The Labute approximate surface area is 148 Å². The molecule has 2 saturated heterocycles. The maximum Gasteiger partial charge on any atom is 0.222 e. The van der Waals surface area contributed by atoms with Crippen LogP contribution in [0.1, 0.15) is 32.1 Å². The fourth-order valence-electron chi connectivity index (χ4n) is 4.29. The molecule has 1 aliphatic carbocycles. The molecular formula is C19H27FN4O. The van der Waals surface area contributed by atoms with Gasteiger partial charge >= 0.3 is 0 Å². The molecule has 2 aliphatic heterocycles. The third kappa shape index (κ3) is 3.36.